The number of halogens is 3. The van der Waals surface area contributed by atoms with Crippen LogP contribution in [0, 0.1) is 0 Å². The summed E-state index contributed by atoms with van der Waals surface area (Å²) in [6, 6.07) is 3.38. The number of aromatic nitrogens is 1. The molecular weight excluding hydrogens is 450 g/mol. The van der Waals surface area contributed by atoms with E-state index in [1.54, 1.807) is 0 Å². The minimum atomic E-state index is -4.76. The number of ether oxygens (including phenoxy) is 2. The molecule has 1 aromatic carbocycles. The molecule has 1 unspecified atom stereocenters. The second-order valence-electron chi connectivity index (χ2n) is 5.54. The summed E-state index contributed by atoms with van der Waals surface area (Å²) in [4.78, 5) is 28.3. The molecule has 1 aliphatic rings. The van der Waals surface area contributed by atoms with Crippen molar-refractivity contribution >= 4 is 51.6 Å². The van der Waals surface area contributed by atoms with Crippen LogP contribution in [0.1, 0.15) is 0 Å². The zero-order valence-corrected chi connectivity index (χ0v) is 16.7. The molecule has 146 valence electrons. The number of carbonyl (C=O) groups excluding carboxylic acids is 2. The molecule has 0 bridgehead atoms. The first-order valence-electron chi connectivity index (χ1n) is 7.85. The van der Waals surface area contributed by atoms with Crippen LogP contribution in [0.4, 0.5) is 13.2 Å². The molecule has 12 heteroatoms. The molecule has 1 amide bonds. The molecular formula is C15H15AsF3N3O4S. The van der Waals surface area contributed by atoms with E-state index in [9.17, 15) is 22.8 Å². The van der Waals surface area contributed by atoms with Crippen molar-refractivity contribution < 1.29 is 32.2 Å². The Morgan fingerprint density at radius 2 is 2.26 bits per heavy atom. The molecule has 1 saturated heterocycles. The number of morpholine rings is 1. The normalized spacial score (nSPS) is 18.1. The third kappa shape index (κ3) is 5.90. The summed E-state index contributed by atoms with van der Waals surface area (Å²) < 4.78 is 46.9. The van der Waals surface area contributed by atoms with Crippen molar-refractivity contribution in [2.24, 2.45) is 0 Å². The number of thiazole rings is 1. The van der Waals surface area contributed by atoms with Gasteiger partial charge in [-0.3, -0.25) is 0 Å². The van der Waals surface area contributed by atoms with Gasteiger partial charge in [0.25, 0.3) is 0 Å². The summed E-state index contributed by atoms with van der Waals surface area (Å²) in [5, 5.41) is 5.56. The zero-order valence-electron chi connectivity index (χ0n) is 13.8. The van der Waals surface area contributed by atoms with Crippen LogP contribution in [0.2, 0.25) is 0 Å². The summed E-state index contributed by atoms with van der Waals surface area (Å²) in [5.41, 5.74) is 0.508. The first kappa shape index (κ1) is 20.1. The van der Waals surface area contributed by atoms with E-state index in [0.29, 0.717) is 27.2 Å². The van der Waals surface area contributed by atoms with E-state index in [1.165, 1.54) is 18.2 Å². The van der Waals surface area contributed by atoms with E-state index >= 15 is 0 Å². The van der Waals surface area contributed by atoms with Crippen molar-refractivity contribution in [3.8, 4) is 5.75 Å². The number of alkyl halides is 3. The molecule has 2 N–H and O–H groups in total. The van der Waals surface area contributed by atoms with Crippen LogP contribution in [-0.2, 0) is 14.3 Å². The maximum absolute atomic E-state index is 12.3. The van der Waals surface area contributed by atoms with Crippen LogP contribution >= 0.6 is 11.3 Å². The number of rotatable bonds is 6. The molecule has 27 heavy (non-hydrogen) atoms. The molecule has 1 aliphatic heterocycles. The molecule has 0 saturated carbocycles. The van der Waals surface area contributed by atoms with Crippen molar-refractivity contribution in [3.05, 3.63) is 18.2 Å². The Hall–Kier alpha value is -1.68. The molecule has 0 spiro atoms. The van der Waals surface area contributed by atoms with E-state index in [-0.39, 0.29) is 29.4 Å². The Labute approximate surface area is 162 Å². The van der Waals surface area contributed by atoms with Gasteiger partial charge in [-0.2, -0.15) is 0 Å². The van der Waals surface area contributed by atoms with Crippen molar-refractivity contribution in [3.63, 3.8) is 0 Å². The predicted molar refractivity (Wildman–Crippen MR) is 93.7 cm³/mol. The van der Waals surface area contributed by atoms with Crippen LogP contribution in [0.15, 0.2) is 18.2 Å². The summed E-state index contributed by atoms with van der Waals surface area (Å²) >= 11 is -0.125. The second-order valence-corrected chi connectivity index (χ2v) is 10.0. The Kier molecular flexibility index (Phi) is 6.36. The van der Waals surface area contributed by atoms with E-state index in [1.807, 2.05) is 0 Å². The first-order valence-corrected chi connectivity index (χ1v) is 10.8. The first-order chi connectivity index (χ1) is 12.8. The number of amides is 1. The van der Waals surface area contributed by atoms with E-state index < -0.39 is 28.2 Å². The van der Waals surface area contributed by atoms with Crippen molar-refractivity contribution in [1.29, 1.82) is 0 Å². The fraction of sp³-hybridized carbons (Fsp3) is 0.400. The summed E-state index contributed by atoms with van der Waals surface area (Å²) in [6.45, 7) is 1.28. The van der Waals surface area contributed by atoms with Gasteiger partial charge < -0.3 is 0 Å². The number of fused-ring (bicyclic) bond motifs is 1. The van der Waals surface area contributed by atoms with Crippen LogP contribution in [0.25, 0.3) is 10.2 Å². The molecule has 2 heterocycles. The van der Waals surface area contributed by atoms with Crippen molar-refractivity contribution in [2.75, 3.05) is 26.3 Å². The minimum absolute atomic E-state index is 0.102. The van der Waals surface area contributed by atoms with Crippen molar-refractivity contribution in [1.82, 2.24) is 15.6 Å². The molecule has 7 nitrogen and oxygen atoms in total. The zero-order chi connectivity index (χ0) is 19.4. The summed E-state index contributed by atoms with van der Waals surface area (Å²) in [7, 11) is 0. The summed E-state index contributed by atoms with van der Waals surface area (Å²) in [6.07, 6.45) is -4.76. The third-order valence-electron chi connectivity index (χ3n) is 3.50. The Bertz CT molecular complexity index is 839. The number of nitrogens with zero attached hydrogens (tertiary/aromatic N) is 1. The van der Waals surface area contributed by atoms with E-state index in [0.717, 1.165) is 11.3 Å². The van der Waals surface area contributed by atoms with Gasteiger partial charge in [0.1, 0.15) is 0 Å². The Balaban J connectivity index is 1.55. The van der Waals surface area contributed by atoms with Crippen molar-refractivity contribution in [2.45, 2.75) is 12.4 Å². The van der Waals surface area contributed by atoms with Gasteiger partial charge in [0.15, 0.2) is 0 Å². The number of nitrogens with one attached hydrogen (secondary N) is 2. The van der Waals surface area contributed by atoms with E-state index in [2.05, 4.69) is 20.4 Å². The van der Waals surface area contributed by atoms with Gasteiger partial charge in [-0.05, 0) is 0 Å². The monoisotopic (exact) mass is 465 g/mol. The van der Waals surface area contributed by atoms with Gasteiger partial charge >= 0.3 is 162 Å². The summed E-state index contributed by atoms with van der Waals surface area (Å²) in [5.74, 6) is -0.626. The van der Waals surface area contributed by atoms with Gasteiger partial charge in [0.2, 0.25) is 0 Å². The van der Waals surface area contributed by atoms with Crippen LogP contribution in [-0.4, -0.2) is 69.9 Å². The van der Waals surface area contributed by atoms with Crippen LogP contribution < -0.4 is 19.2 Å². The van der Waals surface area contributed by atoms with Crippen LogP contribution in [0.3, 0.4) is 0 Å². The van der Waals surface area contributed by atoms with Gasteiger partial charge in [0.05, 0.1) is 0 Å². The second kappa shape index (κ2) is 8.55. The van der Waals surface area contributed by atoms with Gasteiger partial charge in [-0.1, -0.05) is 0 Å². The molecule has 3 rings (SSSR count). The SMILES string of the molecule is O=C(CNC(=O)[C@H]1COCCN1)[AsH]c1nc2ccc(OC(F)(F)F)cc2s1. The predicted octanol–water partition coefficient (Wildman–Crippen LogP) is -0.112. The molecule has 2 aromatic rings. The molecule has 1 fully saturated rings. The van der Waals surface area contributed by atoms with Gasteiger partial charge in [0, 0.05) is 0 Å². The molecule has 1 aromatic heterocycles. The quantitative estimate of drug-likeness (QED) is 0.579. The average Bonchev–Trinajstić information content (AvgIpc) is 3.00. The fourth-order valence-electron chi connectivity index (χ4n) is 2.34. The van der Waals surface area contributed by atoms with Crippen LogP contribution in [0.5, 0.6) is 5.75 Å². The number of hydrogen-bond acceptors (Lipinski definition) is 7. The Morgan fingerprint density at radius 1 is 1.44 bits per heavy atom. The molecule has 2 atom stereocenters. The molecule has 0 radical (unpaired) electrons. The van der Waals surface area contributed by atoms with Gasteiger partial charge in [-0.25, -0.2) is 0 Å². The third-order valence-corrected chi connectivity index (χ3v) is 7.14. The van der Waals surface area contributed by atoms with Gasteiger partial charge in [-0.15, -0.1) is 0 Å². The number of carbonyl (C=O) groups is 2. The standard InChI is InChI=1S/C15H15AsF3N3O4S/c17-15(18,19)26-8-1-2-9-11(5-8)27-14(22-9)16-12(23)6-21-13(24)10-7-25-4-3-20-10/h1-2,5,10,16,20H,3-4,6-7H2,(H,21,24)/t10-/m1/s1. The fourth-order valence-corrected chi connectivity index (χ4v) is 5.99. The number of benzene rings is 1. The Morgan fingerprint density at radius 3 is 2.96 bits per heavy atom. The topological polar surface area (TPSA) is 89.6 Å². The molecule has 0 aliphatic carbocycles. The van der Waals surface area contributed by atoms with E-state index in [4.69, 9.17) is 4.74 Å². The maximum atomic E-state index is 12.3. The number of hydrogen-bond donors (Lipinski definition) is 2. The average molecular weight is 465 g/mol.